The first-order valence-electron chi connectivity index (χ1n) is 7.07. The smallest absolute Gasteiger partial charge is 0.335 e. The summed E-state index contributed by atoms with van der Waals surface area (Å²) in [5.41, 5.74) is 1.45. The van der Waals surface area contributed by atoms with Crippen molar-refractivity contribution in [3.63, 3.8) is 0 Å². The van der Waals surface area contributed by atoms with Gasteiger partial charge in [0.05, 0.1) is 11.3 Å². The number of aromatic nitrogens is 1. The number of aromatic carboxylic acids is 1. The van der Waals surface area contributed by atoms with Crippen LogP contribution in [0.1, 0.15) is 28.4 Å². The van der Waals surface area contributed by atoms with Crippen molar-refractivity contribution in [1.29, 1.82) is 0 Å². The van der Waals surface area contributed by atoms with E-state index in [1.807, 2.05) is 6.07 Å². The van der Waals surface area contributed by atoms with E-state index in [1.165, 1.54) is 18.2 Å². The van der Waals surface area contributed by atoms with Gasteiger partial charge in [-0.2, -0.15) is 0 Å². The third-order valence-corrected chi connectivity index (χ3v) is 4.65. The molecule has 1 aromatic carbocycles. The van der Waals surface area contributed by atoms with Gasteiger partial charge in [0.1, 0.15) is 0 Å². The average Bonchev–Trinajstić information content (AvgIpc) is 2.47. The molecular formula is C16H18N2O4S. The standard InChI is InChI=1S/C16H18N2O4S/c1-12(8-13-5-3-7-17-10-13)18-23(21,22)11-14-4-2-6-15(9-14)16(19)20/h2-7,9-10,12,18H,8,11H2,1H3,(H,19,20). The van der Waals surface area contributed by atoms with Crippen molar-refractivity contribution in [3.05, 3.63) is 65.5 Å². The number of carbonyl (C=O) groups is 1. The van der Waals surface area contributed by atoms with E-state index in [4.69, 9.17) is 5.11 Å². The molecule has 2 aromatic rings. The van der Waals surface area contributed by atoms with Gasteiger partial charge in [0, 0.05) is 18.4 Å². The molecule has 0 aliphatic carbocycles. The largest absolute Gasteiger partial charge is 0.478 e. The van der Waals surface area contributed by atoms with Gasteiger partial charge in [-0.1, -0.05) is 18.2 Å². The molecule has 0 aliphatic rings. The number of pyridine rings is 1. The number of benzene rings is 1. The molecule has 2 rings (SSSR count). The Labute approximate surface area is 135 Å². The van der Waals surface area contributed by atoms with Gasteiger partial charge in [-0.3, -0.25) is 4.98 Å². The number of rotatable bonds is 7. The molecule has 0 saturated heterocycles. The van der Waals surface area contributed by atoms with Crippen LogP contribution in [-0.2, 0) is 22.2 Å². The molecule has 2 N–H and O–H groups in total. The predicted octanol–water partition coefficient (Wildman–Crippen LogP) is 1.83. The second-order valence-electron chi connectivity index (χ2n) is 5.35. The lowest BCUT2D eigenvalue weighted by molar-refractivity contribution is 0.0696. The van der Waals surface area contributed by atoms with Crippen molar-refractivity contribution in [2.45, 2.75) is 25.1 Å². The van der Waals surface area contributed by atoms with Crippen LogP contribution in [0.5, 0.6) is 0 Å². The minimum absolute atomic E-state index is 0.0705. The monoisotopic (exact) mass is 334 g/mol. The van der Waals surface area contributed by atoms with Gasteiger partial charge in [-0.25, -0.2) is 17.9 Å². The summed E-state index contributed by atoms with van der Waals surface area (Å²) >= 11 is 0. The van der Waals surface area contributed by atoms with E-state index in [2.05, 4.69) is 9.71 Å². The molecule has 0 radical (unpaired) electrons. The van der Waals surface area contributed by atoms with Crippen LogP contribution in [0.25, 0.3) is 0 Å². The highest BCUT2D eigenvalue weighted by molar-refractivity contribution is 7.88. The van der Waals surface area contributed by atoms with Gasteiger partial charge in [0.15, 0.2) is 0 Å². The molecule has 0 amide bonds. The zero-order chi connectivity index (χ0) is 16.9. The van der Waals surface area contributed by atoms with E-state index in [0.717, 1.165) is 5.56 Å². The zero-order valence-corrected chi connectivity index (χ0v) is 13.5. The van der Waals surface area contributed by atoms with Crippen LogP contribution in [0.3, 0.4) is 0 Å². The maximum absolute atomic E-state index is 12.2. The molecule has 7 heteroatoms. The topological polar surface area (TPSA) is 96.4 Å². The van der Waals surface area contributed by atoms with Gasteiger partial charge >= 0.3 is 5.97 Å². The van der Waals surface area contributed by atoms with Crippen LogP contribution >= 0.6 is 0 Å². The van der Waals surface area contributed by atoms with Gasteiger partial charge in [0.2, 0.25) is 10.0 Å². The first-order valence-corrected chi connectivity index (χ1v) is 8.72. The Morgan fingerprint density at radius 2 is 2.00 bits per heavy atom. The van der Waals surface area contributed by atoms with Crippen molar-refractivity contribution in [2.24, 2.45) is 0 Å². The number of carboxylic acid groups (broad SMARTS) is 1. The van der Waals surface area contributed by atoms with E-state index in [-0.39, 0.29) is 17.4 Å². The molecule has 23 heavy (non-hydrogen) atoms. The summed E-state index contributed by atoms with van der Waals surface area (Å²) in [6.07, 6.45) is 3.89. The molecule has 0 aliphatic heterocycles. The first kappa shape index (κ1) is 17.1. The summed E-state index contributed by atoms with van der Waals surface area (Å²) in [6.45, 7) is 1.78. The number of nitrogens with one attached hydrogen (secondary N) is 1. The van der Waals surface area contributed by atoms with Crippen LogP contribution < -0.4 is 4.72 Å². The predicted molar refractivity (Wildman–Crippen MR) is 86.6 cm³/mol. The number of nitrogens with zero attached hydrogens (tertiary/aromatic N) is 1. The Hall–Kier alpha value is -2.25. The van der Waals surface area contributed by atoms with Crippen molar-refractivity contribution in [1.82, 2.24) is 9.71 Å². The molecule has 0 bridgehead atoms. The van der Waals surface area contributed by atoms with Gasteiger partial charge < -0.3 is 5.11 Å². The van der Waals surface area contributed by atoms with E-state index in [0.29, 0.717) is 12.0 Å². The highest BCUT2D eigenvalue weighted by atomic mass is 32.2. The second-order valence-corrected chi connectivity index (χ2v) is 7.10. The average molecular weight is 334 g/mol. The zero-order valence-electron chi connectivity index (χ0n) is 12.6. The maximum Gasteiger partial charge on any atom is 0.335 e. The summed E-state index contributed by atoms with van der Waals surface area (Å²) in [6, 6.07) is 9.32. The molecule has 1 unspecified atom stereocenters. The van der Waals surface area contributed by atoms with Crippen molar-refractivity contribution in [3.8, 4) is 0 Å². The Balaban J connectivity index is 2.01. The van der Waals surface area contributed by atoms with E-state index in [1.54, 1.807) is 31.5 Å². The van der Waals surface area contributed by atoms with Crippen LogP contribution in [0, 0.1) is 0 Å². The lowest BCUT2D eigenvalue weighted by atomic mass is 10.1. The van der Waals surface area contributed by atoms with Crippen LogP contribution in [-0.4, -0.2) is 30.5 Å². The van der Waals surface area contributed by atoms with E-state index >= 15 is 0 Å². The van der Waals surface area contributed by atoms with E-state index < -0.39 is 16.0 Å². The number of sulfonamides is 1. The van der Waals surface area contributed by atoms with Crippen molar-refractivity contribution >= 4 is 16.0 Å². The minimum atomic E-state index is -3.56. The molecular weight excluding hydrogens is 316 g/mol. The third kappa shape index (κ3) is 5.46. The molecule has 122 valence electrons. The highest BCUT2D eigenvalue weighted by Crippen LogP contribution is 2.10. The summed E-state index contributed by atoms with van der Waals surface area (Å²) in [5.74, 6) is -1.34. The van der Waals surface area contributed by atoms with Gasteiger partial charge in [-0.15, -0.1) is 0 Å². The summed E-state index contributed by atoms with van der Waals surface area (Å²) in [5, 5.41) is 8.95. The molecule has 1 heterocycles. The first-order chi connectivity index (χ1) is 10.9. The number of hydrogen-bond acceptors (Lipinski definition) is 4. The molecule has 0 spiro atoms. The fourth-order valence-electron chi connectivity index (χ4n) is 2.28. The number of hydrogen-bond donors (Lipinski definition) is 2. The third-order valence-electron chi connectivity index (χ3n) is 3.18. The van der Waals surface area contributed by atoms with Crippen molar-refractivity contribution < 1.29 is 18.3 Å². The van der Waals surface area contributed by atoms with Gasteiger partial charge in [-0.05, 0) is 42.7 Å². The maximum atomic E-state index is 12.2. The van der Waals surface area contributed by atoms with Crippen LogP contribution in [0.4, 0.5) is 0 Å². The summed E-state index contributed by atoms with van der Waals surface area (Å²) < 4.78 is 27.0. The Kier molecular flexibility index (Phi) is 5.46. The molecule has 0 saturated carbocycles. The van der Waals surface area contributed by atoms with Crippen molar-refractivity contribution in [2.75, 3.05) is 0 Å². The highest BCUT2D eigenvalue weighted by Gasteiger charge is 2.16. The van der Waals surface area contributed by atoms with Crippen LogP contribution in [0.2, 0.25) is 0 Å². The lowest BCUT2D eigenvalue weighted by Gasteiger charge is -2.14. The van der Waals surface area contributed by atoms with Gasteiger partial charge in [0.25, 0.3) is 0 Å². The molecule has 0 fully saturated rings. The quantitative estimate of drug-likeness (QED) is 0.805. The Bertz CT molecular complexity index is 776. The van der Waals surface area contributed by atoms with Crippen LogP contribution in [0.15, 0.2) is 48.8 Å². The summed E-state index contributed by atoms with van der Waals surface area (Å²) in [4.78, 5) is 14.9. The normalized spacial score (nSPS) is 12.7. The number of carboxylic acids is 1. The summed E-state index contributed by atoms with van der Waals surface area (Å²) in [7, 11) is -3.56. The molecule has 1 atom stereocenters. The SMILES string of the molecule is CC(Cc1cccnc1)NS(=O)(=O)Cc1cccc(C(=O)O)c1. The minimum Gasteiger partial charge on any atom is -0.478 e. The second kappa shape index (κ2) is 7.34. The fourth-order valence-corrected chi connectivity index (χ4v) is 3.67. The van der Waals surface area contributed by atoms with E-state index in [9.17, 15) is 13.2 Å². The molecule has 6 nitrogen and oxygen atoms in total. The molecule has 1 aromatic heterocycles. The Morgan fingerprint density at radius 1 is 1.26 bits per heavy atom. The lowest BCUT2D eigenvalue weighted by Crippen LogP contribution is -2.35. The Morgan fingerprint density at radius 3 is 2.65 bits per heavy atom. The fraction of sp³-hybridized carbons (Fsp3) is 0.250.